The van der Waals surface area contributed by atoms with Crippen molar-refractivity contribution in [2.24, 2.45) is 0 Å². The Kier molecular flexibility index (Phi) is 8.88. The van der Waals surface area contributed by atoms with E-state index in [-0.39, 0.29) is 12.2 Å². The lowest BCUT2D eigenvalue weighted by atomic mass is 9.90. The number of likely N-dealkylation sites (N-methyl/N-ethyl adjacent to an activating group) is 1. The molecule has 29 heavy (non-hydrogen) atoms. The minimum Gasteiger partial charge on any atom is -0.497 e. The van der Waals surface area contributed by atoms with Crippen LogP contribution in [-0.2, 0) is 14.8 Å². The van der Waals surface area contributed by atoms with E-state index in [4.69, 9.17) is 4.74 Å². The zero-order valence-electron chi connectivity index (χ0n) is 17.5. The summed E-state index contributed by atoms with van der Waals surface area (Å²) >= 11 is 0. The van der Waals surface area contributed by atoms with Crippen molar-refractivity contribution in [1.29, 1.82) is 0 Å². The topological polar surface area (TPSA) is 90.4 Å². The summed E-state index contributed by atoms with van der Waals surface area (Å²) in [5.74, 6) is 0.825. The number of carbonyl (C=O) groups is 1. The molecule has 1 aromatic carbocycles. The standard InChI is InChI=1S/C20H33N3O5S/c1-4-21(5-2)14-19(23(25)16-24)15-29(26,27)22-12-10-18(11-13-22)17-6-8-20(28-3)9-7-17/h6-9,16,18-19,25H,4-5,10-15H2,1-3H3. The molecule has 0 aromatic heterocycles. The summed E-state index contributed by atoms with van der Waals surface area (Å²) in [6.07, 6.45) is 1.76. The first-order chi connectivity index (χ1) is 13.8. The van der Waals surface area contributed by atoms with E-state index in [0.717, 1.165) is 18.6 Å². The zero-order chi connectivity index (χ0) is 21.4. The quantitative estimate of drug-likeness (QED) is 0.329. The maximum atomic E-state index is 12.9. The molecule has 0 aliphatic carbocycles. The van der Waals surface area contributed by atoms with Crippen LogP contribution in [0.2, 0.25) is 0 Å². The Bertz CT molecular complexity index is 729. The molecule has 1 N–H and O–H groups in total. The van der Waals surface area contributed by atoms with Crippen molar-refractivity contribution in [3.63, 3.8) is 0 Å². The number of sulfonamides is 1. The average Bonchev–Trinajstić information content (AvgIpc) is 2.76. The van der Waals surface area contributed by atoms with Crippen LogP contribution in [0.5, 0.6) is 5.75 Å². The molecular formula is C20H33N3O5S. The molecule has 0 saturated carbocycles. The number of hydrogen-bond donors (Lipinski definition) is 1. The van der Waals surface area contributed by atoms with Crippen LogP contribution in [0.25, 0.3) is 0 Å². The molecule has 1 atom stereocenters. The van der Waals surface area contributed by atoms with E-state index in [1.54, 1.807) is 7.11 Å². The van der Waals surface area contributed by atoms with E-state index in [1.807, 2.05) is 43.0 Å². The molecular weight excluding hydrogens is 394 g/mol. The van der Waals surface area contributed by atoms with Crippen molar-refractivity contribution in [2.45, 2.75) is 38.6 Å². The molecule has 1 saturated heterocycles. The Morgan fingerprint density at radius 2 is 1.79 bits per heavy atom. The highest BCUT2D eigenvalue weighted by Gasteiger charge is 2.33. The summed E-state index contributed by atoms with van der Waals surface area (Å²) in [7, 11) is -1.96. The smallest absolute Gasteiger partial charge is 0.233 e. The molecule has 1 unspecified atom stereocenters. The molecule has 1 fully saturated rings. The van der Waals surface area contributed by atoms with E-state index < -0.39 is 16.1 Å². The highest BCUT2D eigenvalue weighted by molar-refractivity contribution is 7.89. The van der Waals surface area contributed by atoms with E-state index in [2.05, 4.69) is 0 Å². The van der Waals surface area contributed by atoms with Gasteiger partial charge in [0.15, 0.2) is 0 Å². The second-order valence-corrected chi connectivity index (χ2v) is 9.36. The summed E-state index contributed by atoms with van der Waals surface area (Å²) in [5, 5.41) is 10.4. The largest absolute Gasteiger partial charge is 0.497 e. The van der Waals surface area contributed by atoms with Gasteiger partial charge in [0.25, 0.3) is 0 Å². The fourth-order valence-corrected chi connectivity index (χ4v) is 5.49. The van der Waals surface area contributed by atoms with Gasteiger partial charge < -0.3 is 9.64 Å². The molecule has 0 radical (unpaired) electrons. The number of piperidine rings is 1. The van der Waals surface area contributed by atoms with Crippen molar-refractivity contribution in [2.75, 3.05) is 45.6 Å². The Labute approximate surface area is 174 Å². The lowest BCUT2D eigenvalue weighted by Gasteiger charge is -2.34. The van der Waals surface area contributed by atoms with Crippen molar-refractivity contribution >= 4 is 16.4 Å². The van der Waals surface area contributed by atoms with Gasteiger partial charge in [-0.25, -0.2) is 17.8 Å². The number of carbonyl (C=O) groups excluding carboxylic acids is 1. The normalized spacial score (nSPS) is 17.3. The molecule has 1 aliphatic heterocycles. The molecule has 1 amide bonds. The zero-order valence-corrected chi connectivity index (χ0v) is 18.3. The van der Waals surface area contributed by atoms with Gasteiger partial charge in [-0.1, -0.05) is 26.0 Å². The first-order valence-corrected chi connectivity index (χ1v) is 11.7. The van der Waals surface area contributed by atoms with Crippen LogP contribution in [-0.4, -0.2) is 85.9 Å². The molecule has 8 nitrogen and oxygen atoms in total. The van der Waals surface area contributed by atoms with Crippen LogP contribution in [0, 0.1) is 0 Å². The van der Waals surface area contributed by atoms with Gasteiger partial charge in [-0.15, -0.1) is 0 Å². The Balaban J connectivity index is 2.00. The SMILES string of the molecule is CCN(CC)CC(CS(=O)(=O)N1CCC(c2ccc(OC)cc2)CC1)N(O)C=O. The fourth-order valence-electron chi connectivity index (χ4n) is 3.77. The summed E-state index contributed by atoms with van der Waals surface area (Å²) in [6, 6.07) is 7.11. The number of nitrogens with zero attached hydrogens (tertiary/aromatic N) is 3. The maximum Gasteiger partial charge on any atom is 0.233 e. The third kappa shape index (κ3) is 6.40. The van der Waals surface area contributed by atoms with Gasteiger partial charge >= 0.3 is 0 Å². The van der Waals surface area contributed by atoms with Crippen molar-refractivity contribution in [1.82, 2.24) is 14.3 Å². The van der Waals surface area contributed by atoms with E-state index >= 15 is 0 Å². The van der Waals surface area contributed by atoms with Gasteiger partial charge in [-0.05, 0) is 49.5 Å². The lowest BCUT2D eigenvalue weighted by molar-refractivity contribution is -0.159. The second kappa shape index (κ2) is 10.9. The maximum absolute atomic E-state index is 12.9. The Hall–Kier alpha value is -1.68. The van der Waals surface area contributed by atoms with Gasteiger partial charge in [0.2, 0.25) is 16.4 Å². The minimum atomic E-state index is -3.59. The van der Waals surface area contributed by atoms with Crippen molar-refractivity contribution < 1.29 is 23.2 Å². The minimum absolute atomic E-state index is 0.277. The van der Waals surface area contributed by atoms with E-state index in [1.165, 1.54) is 9.87 Å². The summed E-state index contributed by atoms with van der Waals surface area (Å²) in [6.45, 7) is 6.53. The monoisotopic (exact) mass is 427 g/mol. The number of amides is 1. The van der Waals surface area contributed by atoms with Gasteiger partial charge in [0.1, 0.15) is 5.75 Å². The number of rotatable bonds is 11. The number of benzene rings is 1. The molecule has 9 heteroatoms. The van der Waals surface area contributed by atoms with Gasteiger partial charge in [-0.3, -0.25) is 10.0 Å². The lowest BCUT2D eigenvalue weighted by Crippen LogP contribution is -2.49. The Morgan fingerprint density at radius 3 is 2.28 bits per heavy atom. The average molecular weight is 428 g/mol. The first kappa shape index (κ1) is 23.6. The highest BCUT2D eigenvalue weighted by Crippen LogP contribution is 2.30. The first-order valence-electron chi connectivity index (χ1n) is 10.1. The van der Waals surface area contributed by atoms with Crippen LogP contribution in [0.1, 0.15) is 38.2 Å². The summed E-state index contributed by atoms with van der Waals surface area (Å²) in [4.78, 5) is 13.0. The highest BCUT2D eigenvalue weighted by atomic mass is 32.2. The number of hydrogen-bond acceptors (Lipinski definition) is 6. The van der Waals surface area contributed by atoms with Crippen molar-refractivity contribution in [3.8, 4) is 5.75 Å². The van der Waals surface area contributed by atoms with Crippen LogP contribution in [0.15, 0.2) is 24.3 Å². The third-order valence-corrected chi connectivity index (χ3v) is 7.64. The van der Waals surface area contributed by atoms with Crippen LogP contribution < -0.4 is 4.74 Å². The molecule has 0 spiro atoms. The van der Waals surface area contributed by atoms with Crippen LogP contribution in [0.4, 0.5) is 0 Å². The fraction of sp³-hybridized carbons (Fsp3) is 0.650. The second-order valence-electron chi connectivity index (χ2n) is 7.35. The molecule has 1 aliphatic rings. The Morgan fingerprint density at radius 1 is 1.21 bits per heavy atom. The third-order valence-electron chi connectivity index (χ3n) is 5.68. The number of hydroxylamine groups is 2. The number of methoxy groups -OCH3 is 1. The summed E-state index contributed by atoms with van der Waals surface area (Å²) < 4.78 is 32.6. The van der Waals surface area contributed by atoms with Gasteiger partial charge in [0, 0.05) is 19.6 Å². The predicted molar refractivity (Wildman–Crippen MR) is 112 cm³/mol. The van der Waals surface area contributed by atoms with Gasteiger partial charge in [0.05, 0.1) is 18.9 Å². The molecule has 2 rings (SSSR count). The van der Waals surface area contributed by atoms with Crippen LogP contribution >= 0.6 is 0 Å². The predicted octanol–water partition coefficient (Wildman–Crippen LogP) is 1.76. The number of ether oxygens (including phenoxy) is 1. The van der Waals surface area contributed by atoms with Crippen molar-refractivity contribution in [3.05, 3.63) is 29.8 Å². The molecule has 1 heterocycles. The summed E-state index contributed by atoms with van der Waals surface area (Å²) in [5.41, 5.74) is 1.18. The van der Waals surface area contributed by atoms with Gasteiger partial charge in [-0.2, -0.15) is 0 Å². The van der Waals surface area contributed by atoms with E-state index in [9.17, 15) is 18.4 Å². The molecule has 0 bridgehead atoms. The van der Waals surface area contributed by atoms with Crippen LogP contribution in [0.3, 0.4) is 0 Å². The van der Waals surface area contributed by atoms with E-state index in [0.29, 0.717) is 43.7 Å². The molecule has 164 valence electrons. The molecule has 1 aromatic rings.